The number of hydrogen-bond acceptors (Lipinski definition) is 4. The fourth-order valence-electron chi connectivity index (χ4n) is 1.44. The number of nitrogens with zero attached hydrogens (tertiary/aromatic N) is 1. The van der Waals surface area contributed by atoms with Crippen molar-refractivity contribution in [1.29, 1.82) is 0 Å². The van der Waals surface area contributed by atoms with Gasteiger partial charge in [0, 0.05) is 24.4 Å². The highest BCUT2D eigenvalue weighted by atomic mass is 32.1. The molecule has 1 amide bonds. The minimum absolute atomic E-state index is 0.0961. The van der Waals surface area contributed by atoms with Crippen LogP contribution in [0.25, 0.3) is 0 Å². The Bertz CT molecular complexity index is 360. The van der Waals surface area contributed by atoms with Crippen molar-refractivity contribution in [2.75, 3.05) is 6.54 Å². The van der Waals surface area contributed by atoms with Gasteiger partial charge in [0.05, 0.1) is 17.2 Å². The smallest absolute Gasteiger partial charge is 0.221 e. The van der Waals surface area contributed by atoms with E-state index in [2.05, 4.69) is 15.6 Å². The quantitative estimate of drug-likeness (QED) is 0.784. The molecule has 2 N–H and O–H groups in total. The molecule has 0 aromatic carbocycles. The second-order valence-electron chi connectivity index (χ2n) is 4.11. The van der Waals surface area contributed by atoms with E-state index in [1.807, 2.05) is 12.3 Å². The second kappa shape index (κ2) is 5.41. The predicted molar refractivity (Wildman–Crippen MR) is 64.3 cm³/mol. The summed E-state index contributed by atoms with van der Waals surface area (Å²) in [6.45, 7) is 3.30. The molecule has 0 saturated heterocycles. The number of hydrogen-bond donors (Lipinski definition) is 2. The van der Waals surface area contributed by atoms with Gasteiger partial charge in [-0.25, -0.2) is 4.98 Å². The van der Waals surface area contributed by atoms with Crippen LogP contribution >= 0.6 is 11.3 Å². The Balaban J connectivity index is 1.59. The van der Waals surface area contributed by atoms with Gasteiger partial charge in [0.1, 0.15) is 0 Å². The van der Waals surface area contributed by atoms with Crippen LogP contribution in [0.5, 0.6) is 0 Å². The van der Waals surface area contributed by atoms with E-state index < -0.39 is 0 Å². The lowest BCUT2D eigenvalue weighted by molar-refractivity contribution is -0.121. The summed E-state index contributed by atoms with van der Waals surface area (Å²) in [5, 5.41) is 9.21. The zero-order chi connectivity index (χ0) is 11.4. The van der Waals surface area contributed by atoms with Crippen molar-refractivity contribution < 1.29 is 4.79 Å². The first kappa shape index (κ1) is 11.5. The molecule has 16 heavy (non-hydrogen) atoms. The maximum absolute atomic E-state index is 11.4. The molecule has 1 aromatic rings. The van der Waals surface area contributed by atoms with Gasteiger partial charge in [0.2, 0.25) is 5.91 Å². The summed E-state index contributed by atoms with van der Waals surface area (Å²) in [5.41, 5.74) is 0.950. The summed E-state index contributed by atoms with van der Waals surface area (Å²) >= 11 is 1.61. The van der Waals surface area contributed by atoms with Gasteiger partial charge in [0.15, 0.2) is 0 Å². The Morgan fingerprint density at radius 3 is 3.06 bits per heavy atom. The fourth-order valence-corrected chi connectivity index (χ4v) is 2.06. The number of amides is 1. The highest BCUT2D eigenvalue weighted by Gasteiger charge is 2.19. The van der Waals surface area contributed by atoms with E-state index in [0.717, 1.165) is 17.2 Å². The topological polar surface area (TPSA) is 54.0 Å². The normalized spacial score (nSPS) is 15.1. The van der Waals surface area contributed by atoms with Crippen LogP contribution in [0.2, 0.25) is 0 Å². The van der Waals surface area contributed by atoms with Gasteiger partial charge in [0.25, 0.3) is 0 Å². The van der Waals surface area contributed by atoms with Gasteiger partial charge in [-0.05, 0) is 19.8 Å². The van der Waals surface area contributed by atoms with Crippen LogP contribution in [-0.2, 0) is 11.3 Å². The molecule has 0 bridgehead atoms. The first-order valence-corrected chi connectivity index (χ1v) is 6.53. The van der Waals surface area contributed by atoms with Gasteiger partial charge in [-0.2, -0.15) is 0 Å². The van der Waals surface area contributed by atoms with Crippen molar-refractivity contribution in [3.05, 3.63) is 16.1 Å². The first-order valence-electron chi connectivity index (χ1n) is 5.65. The zero-order valence-electron chi connectivity index (χ0n) is 9.45. The number of carbonyl (C=O) groups excluding carboxylic acids is 1. The van der Waals surface area contributed by atoms with Crippen molar-refractivity contribution in [1.82, 2.24) is 15.6 Å². The van der Waals surface area contributed by atoms with Crippen molar-refractivity contribution in [3.8, 4) is 0 Å². The molecule has 88 valence electrons. The number of aryl methyl sites for hydroxylation is 1. The lowest BCUT2D eigenvalue weighted by Gasteiger charge is -2.04. The summed E-state index contributed by atoms with van der Waals surface area (Å²) in [5.74, 6) is 0.0961. The number of carbonyl (C=O) groups is 1. The molecule has 5 heteroatoms. The van der Waals surface area contributed by atoms with Crippen molar-refractivity contribution in [3.63, 3.8) is 0 Å². The van der Waals surface area contributed by atoms with E-state index in [0.29, 0.717) is 19.0 Å². The lowest BCUT2D eigenvalue weighted by Crippen LogP contribution is -2.28. The van der Waals surface area contributed by atoms with Crippen LogP contribution in [0.4, 0.5) is 0 Å². The fraction of sp³-hybridized carbons (Fsp3) is 0.636. The molecule has 0 radical (unpaired) electrons. The average molecular weight is 239 g/mol. The largest absolute Gasteiger partial charge is 0.350 e. The molecule has 0 unspecified atom stereocenters. The standard InChI is InChI=1S/C11H17N3OS/c1-8-14-10(7-16-8)6-13-11(15)4-5-12-9-2-3-9/h7,9,12H,2-6H2,1H3,(H,13,15). The van der Waals surface area contributed by atoms with Gasteiger partial charge in [-0.3, -0.25) is 4.79 Å². The Hall–Kier alpha value is -0.940. The first-order chi connectivity index (χ1) is 7.74. The van der Waals surface area contributed by atoms with E-state index in [-0.39, 0.29) is 5.91 Å². The SMILES string of the molecule is Cc1nc(CNC(=O)CCNC2CC2)cs1. The van der Waals surface area contributed by atoms with Crippen LogP contribution < -0.4 is 10.6 Å². The number of rotatable bonds is 6. The number of nitrogens with one attached hydrogen (secondary N) is 2. The molecule has 0 spiro atoms. The molecular weight excluding hydrogens is 222 g/mol. The molecule has 1 aromatic heterocycles. The van der Waals surface area contributed by atoms with Crippen LogP contribution in [0.15, 0.2) is 5.38 Å². The van der Waals surface area contributed by atoms with Crippen molar-refractivity contribution in [2.45, 2.75) is 38.8 Å². The highest BCUT2D eigenvalue weighted by Crippen LogP contribution is 2.18. The van der Waals surface area contributed by atoms with E-state index in [4.69, 9.17) is 0 Å². The second-order valence-corrected chi connectivity index (χ2v) is 5.18. The van der Waals surface area contributed by atoms with Crippen LogP contribution in [0, 0.1) is 6.92 Å². The molecule has 4 nitrogen and oxygen atoms in total. The van der Waals surface area contributed by atoms with E-state index >= 15 is 0 Å². The maximum Gasteiger partial charge on any atom is 0.221 e. The number of thiazole rings is 1. The minimum atomic E-state index is 0.0961. The molecule has 1 saturated carbocycles. The molecule has 0 atom stereocenters. The molecule has 1 aliphatic rings. The minimum Gasteiger partial charge on any atom is -0.350 e. The summed E-state index contributed by atoms with van der Waals surface area (Å²) in [4.78, 5) is 15.7. The van der Waals surface area contributed by atoms with E-state index in [1.165, 1.54) is 12.8 Å². The van der Waals surface area contributed by atoms with Gasteiger partial charge < -0.3 is 10.6 Å². The van der Waals surface area contributed by atoms with Gasteiger partial charge in [-0.15, -0.1) is 11.3 Å². The molecule has 1 aliphatic carbocycles. The molecule has 2 rings (SSSR count). The number of aromatic nitrogens is 1. The third kappa shape index (κ3) is 3.90. The van der Waals surface area contributed by atoms with E-state index in [9.17, 15) is 4.79 Å². The Kier molecular flexibility index (Phi) is 3.90. The van der Waals surface area contributed by atoms with Crippen LogP contribution in [-0.4, -0.2) is 23.5 Å². The molecule has 1 fully saturated rings. The molecule has 0 aliphatic heterocycles. The Morgan fingerprint density at radius 1 is 1.62 bits per heavy atom. The average Bonchev–Trinajstić information content (AvgIpc) is 2.98. The highest BCUT2D eigenvalue weighted by molar-refractivity contribution is 7.09. The van der Waals surface area contributed by atoms with Crippen LogP contribution in [0.1, 0.15) is 30.0 Å². The van der Waals surface area contributed by atoms with E-state index in [1.54, 1.807) is 11.3 Å². The third-order valence-electron chi connectivity index (χ3n) is 2.50. The maximum atomic E-state index is 11.4. The third-order valence-corrected chi connectivity index (χ3v) is 3.32. The summed E-state index contributed by atoms with van der Waals surface area (Å²) in [6.07, 6.45) is 3.08. The molecule has 1 heterocycles. The van der Waals surface area contributed by atoms with Crippen molar-refractivity contribution >= 4 is 17.2 Å². The zero-order valence-corrected chi connectivity index (χ0v) is 10.3. The van der Waals surface area contributed by atoms with Gasteiger partial charge in [-0.1, -0.05) is 0 Å². The van der Waals surface area contributed by atoms with Crippen LogP contribution in [0.3, 0.4) is 0 Å². The van der Waals surface area contributed by atoms with Gasteiger partial charge >= 0.3 is 0 Å². The Morgan fingerprint density at radius 2 is 2.44 bits per heavy atom. The predicted octanol–water partition coefficient (Wildman–Crippen LogP) is 1.21. The molecular formula is C11H17N3OS. The van der Waals surface area contributed by atoms with Crippen molar-refractivity contribution in [2.24, 2.45) is 0 Å². The monoisotopic (exact) mass is 239 g/mol. The summed E-state index contributed by atoms with van der Waals surface area (Å²) in [7, 11) is 0. The summed E-state index contributed by atoms with van der Waals surface area (Å²) < 4.78 is 0. The Labute approximate surface area is 99.5 Å². The summed E-state index contributed by atoms with van der Waals surface area (Å²) in [6, 6.07) is 0.675. The lowest BCUT2D eigenvalue weighted by atomic mass is 10.3.